The van der Waals surface area contributed by atoms with E-state index in [1.807, 2.05) is 0 Å². The van der Waals surface area contributed by atoms with Crippen molar-refractivity contribution in [2.75, 3.05) is 0 Å². The fourth-order valence-corrected chi connectivity index (χ4v) is 6.12. The van der Waals surface area contributed by atoms with Gasteiger partial charge in [0.1, 0.15) is 0 Å². The van der Waals surface area contributed by atoms with Crippen LogP contribution in [-0.4, -0.2) is 19.3 Å². The molecule has 1 heterocycles. The van der Waals surface area contributed by atoms with Crippen molar-refractivity contribution in [3.05, 3.63) is 83.1 Å². The van der Waals surface area contributed by atoms with Crippen LogP contribution < -0.4 is 0 Å². The normalized spacial score (nSPS) is 24.1. The molecule has 154 valence electrons. The molecule has 1 aliphatic carbocycles. The summed E-state index contributed by atoms with van der Waals surface area (Å²) in [6.07, 6.45) is 6.05. The predicted molar refractivity (Wildman–Crippen MR) is 124 cm³/mol. The highest BCUT2D eigenvalue weighted by atomic mass is 28.4. The summed E-state index contributed by atoms with van der Waals surface area (Å²) in [6.45, 7) is 9.33. The Bertz CT molecular complexity index is 840. The summed E-state index contributed by atoms with van der Waals surface area (Å²) in [5, 5.41) is 0. The number of hydrogen-bond donors (Lipinski definition) is 0. The van der Waals surface area contributed by atoms with Gasteiger partial charge in [0, 0.05) is 24.5 Å². The van der Waals surface area contributed by atoms with E-state index in [0.717, 1.165) is 6.42 Å². The fourth-order valence-electron chi connectivity index (χ4n) is 5.16. The second-order valence-electron chi connectivity index (χ2n) is 9.59. The molecule has 0 N–H and O–H groups in total. The molecule has 2 aromatic carbocycles. The molecule has 0 amide bonds. The monoisotopic (exact) mass is 405 g/mol. The summed E-state index contributed by atoms with van der Waals surface area (Å²) in [7, 11) is -1.64. The Hall–Kier alpha value is -1.84. The maximum Gasteiger partial charge on any atom is 0.241 e. The Balaban J connectivity index is 1.79. The van der Waals surface area contributed by atoms with Gasteiger partial charge in [-0.3, -0.25) is 4.90 Å². The third-order valence-corrected chi connectivity index (χ3v) is 7.23. The van der Waals surface area contributed by atoms with Gasteiger partial charge in [-0.15, -0.1) is 0 Å². The van der Waals surface area contributed by atoms with Crippen LogP contribution in [0.15, 0.2) is 72.0 Å². The first-order valence-corrected chi connectivity index (χ1v) is 14.6. The molecular formula is C26H35NOSi. The molecular weight excluding hydrogens is 370 g/mol. The highest BCUT2D eigenvalue weighted by molar-refractivity contribution is 6.70. The Morgan fingerprint density at radius 2 is 1.55 bits per heavy atom. The minimum Gasteiger partial charge on any atom is -0.547 e. The first-order valence-electron chi connectivity index (χ1n) is 11.2. The Kier molecular flexibility index (Phi) is 5.98. The summed E-state index contributed by atoms with van der Waals surface area (Å²) in [5.74, 6) is 1.32. The lowest BCUT2D eigenvalue weighted by atomic mass is 9.80. The molecule has 0 aromatic heterocycles. The molecule has 29 heavy (non-hydrogen) atoms. The summed E-state index contributed by atoms with van der Waals surface area (Å²) in [4.78, 5) is 2.80. The minimum atomic E-state index is -1.64. The number of nitrogens with zero attached hydrogens (tertiary/aromatic N) is 1. The van der Waals surface area contributed by atoms with Gasteiger partial charge in [0.15, 0.2) is 0 Å². The second kappa shape index (κ2) is 8.49. The van der Waals surface area contributed by atoms with Crippen molar-refractivity contribution in [3.63, 3.8) is 0 Å². The van der Waals surface area contributed by atoms with Crippen LogP contribution in [0.1, 0.15) is 62.2 Å². The number of hydrogen-bond acceptors (Lipinski definition) is 2. The molecule has 2 aliphatic rings. The lowest BCUT2D eigenvalue weighted by Gasteiger charge is -2.50. The summed E-state index contributed by atoms with van der Waals surface area (Å²) < 4.78 is 6.73. The first kappa shape index (κ1) is 20.4. The van der Waals surface area contributed by atoms with Crippen LogP contribution in [0.2, 0.25) is 19.6 Å². The summed E-state index contributed by atoms with van der Waals surface area (Å²) >= 11 is 0. The highest BCUT2D eigenvalue weighted by Crippen LogP contribution is 2.48. The van der Waals surface area contributed by atoms with E-state index in [4.69, 9.17) is 4.43 Å². The van der Waals surface area contributed by atoms with Gasteiger partial charge < -0.3 is 4.43 Å². The smallest absolute Gasteiger partial charge is 0.241 e. The van der Waals surface area contributed by atoms with Gasteiger partial charge in [0.05, 0.1) is 5.76 Å². The fraction of sp³-hybridized carbons (Fsp3) is 0.462. The third-order valence-electron chi connectivity index (χ3n) is 6.38. The molecule has 2 aromatic rings. The maximum atomic E-state index is 6.73. The zero-order valence-corrected chi connectivity index (χ0v) is 19.4. The average molecular weight is 406 g/mol. The van der Waals surface area contributed by atoms with Gasteiger partial charge in [0.25, 0.3) is 0 Å². The molecule has 1 aliphatic heterocycles. The van der Waals surface area contributed by atoms with E-state index in [1.54, 1.807) is 5.57 Å². The van der Waals surface area contributed by atoms with Crippen LogP contribution in [0.3, 0.4) is 0 Å². The van der Waals surface area contributed by atoms with E-state index in [2.05, 4.69) is 92.1 Å². The van der Waals surface area contributed by atoms with E-state index in [-0.39, 0.29) is 0 Å². The second-order valence-corrected chi connectivity index (χ2v) is 14.0. The number of fused-ring (bicyclic) bond motifs is 1. The van der Waals surface area contributed by atoms with Crippen LogP contribution in [0.5, 0.6) is 0 Å². The Labute approximate surface area is 177 Å². The molecule has 0 radical (unpaired) electrons. The zero-order valence-electron chi connectivity index (χ0n) is 18.4. The van der Waals surface area contributed by atoms with Crippen molar-refractivity contribution in [2.24, 2.45) is 0 Å². The van der Waals surface area contributed by atoms with Crippen LogP contribution in [-0.2, 0) is 4.43 Å². The molecule has 3 atom stereocenters. The van der Waals surface area contributed by atoms with Gasteiger partial charge >= 0.3 is 0 Å². The van der Waals surface area contributed by atoms with Crippen molar-refractivity contribution in [2.45, 2.75) is 76.8 Å². The largest absolute Gasteiger partial charge is 0.547 e. The SMILES string of the molecule is C[C@H](c1ccccc1)N1[C@H]2CCCCC2=C(O[Si](C)(C)C)C[C@H]1c1ccccc1. The van der Waals surface area contributed by atoms with Crippen molar-refractivity contribution in [1.29, 1.82) is 0 Å². The number of rotatable bonds is 5. The number of benzene rings is 2. The van der Waals surface area contributed by atoms with Gasteiger partial charge in [-0.2, -0.15) is 0 Å². The lowest BCUT2D eigenvalue weighted by molar-refractivity contribution is 0.0614. The average Bonchev–Trinajstić information content (AvgIpc) is 2.73. The molecule has 4 rings (SSSR count). The molecule has 1 saturated carbocycles. The van der Waals surface area contributed by atoms with Crippen LogP contribution in [0.4, 0.5) is 0 Å². The quantitative estimate of drug-likeness (QED) is 0.486. The Morgan fingerprint density at radius 3 is 2.21 bits per heavy atom. The standard InChI is InChI=1S/C26H35NOSi/c1-20(21-13-7-5-8-14-21)27-24-18-12-11-17-23(24)26(28-29(2,3)4)19-25(27)22-15-9-6-10-16-22/h5-10,13-16,20,24-25H,11-12,17-19H2,1-4H3/t20-,24+,25+/m1/s1. The molecule has 2 nitrogen and oxygen atoms in total. The van der Waals surface area contributed by atoms with Gasteiger partial charge in [-0.1, -0.05) is 67.1 Å². The molecule has 0 saturated heterocycles. The van der Waals surface area contributed by atoms with Crippen LogP contribution in [0.25, 0.3) is 0 Å². The van der Waals surface area contributed by atoms with Crippen molar-refractivity contribution >= 4 is 8.32 Å². The van der Waals surface area contributed by atoms with E-state index < -0.39 is 8.32 Å². The first-order chi connectivity index (χ1) is 13.9. The van der Waals surface area contributed by atoms with E-state index >= 15 is 0 Å². The topological polar surface area (TPSA) is 12.5 Å². The molecule has 3 heteroatoms. The zero-order chi connectivity index (χ0) is 20.4. The van der Waals surface area contributed by atoms with E-state index in [9.17, 15) is 0 Å². The predicted octanol–water partition coefficient (Wildman–Crippen LogP) is 7.24. The van der Waals surface area contributed by atoms with Gasteiger partial charge in [-0.05, 0) is 62.5 Å². The van der Waals surface area contributed by atoms with Crippen molar-refractivity contribution in [1.82, 2.24) is 4.90 Å². The van der Waals surface area contributed by atoms with E-state index in [1.165, 1.54) is 42.6 Å². The third kappa shape index (κ3) is 4.51. The molecule has 0 unspecified atom stereocenters. The van der Waals surface area contributed by atoms with Crippen LogP contribution >= 0.6 is 0 Å². The van der Waals surface area contributed by atoms with Crippen molar-refractivity contribution < 1.29 is 4.43 Å². The minimum absolute atomic E-state index is 0.365. The molecule has 1 fully saturated rings. The molecule has 0 spiro atoms. The Morgan fingerprint density at radius 1 is 0.897 bits per heavy atom. The van der Waals surface area contributed by atoms with E-state index in [0.29, 0.717) is 18.1 Å². The summed E-state index contributed by atoms with van der Waals surface area (Å²) in [6, 6.07) is 23.4. The van der Waals surface area contributed by atoms with Crippen LogP contribution in [0, 0.1) is 0 Å². The van der Waals surface area contributed by atoms with Gasteiger partial charge in [0.2, 0.25) is 8.32 Å². The highest BCUT2D eigenvalue weighted by Gasteiger charge is 2.41. The molecule has 0 bridgehead atoms. The van der Waals surface area contributed by atoms with Crippen molar-refractivity contribution in [3.8, 4) is 0 Å². The van der Waals surface area contributed by atoms with Gasteiger partial charge in [-0.25, -0.2) is 0 Å². The maximum absolute atomic E-state index is 6.73. The lowest BCUT2D eigenvalue weighted by Crippen LogP contribution is -2.47. The summed E-state index contributed by atoms with van der Waals surface area (Å²) in [5.41, 5.74) is 4.41.